The van der Waals surface area contributed by atoms with Gasteiger partial charge in [-0.05, 0) is 80.6 Å². The number of carbonyl (C=O) groups is 2. The topological polar surface area (TPSA) is 43.4 Å². The fourth-order valence-corrected chi connectivity index (χ4v) is 8.54. The fraction of sp³-hybridized carbons (Fsp3) is 0.867. The predicted molar refractivity (Wildman–Crippen MR) is 134 cm³/mol. The molecule has 4 rings (SSSR count). The standard InChI is InChI=1S/C30H48O3/c1-4-5-6-7-8-9-10-11-12-28(32)33-27-18-17-26-25-15-13-22-19-23(31)14-16-24(22)29(25)21(2)20-30(26,27)3/h19,21,24-27,29H,4-18,20H2,1-3H3. The molecule has 3 fully saturated rings. The van der Waals surface area contributed by atoms with E-state index in [0.717, 1.165) is 50.4 Å². The molecule has 3 heteroatoms. The zero-order valence-electron chi connectivity index (χ0n) is 21.6. The molecular formula is C30H48O3. The van der Waals surface area contributed by atoms with Crippen LogP contribution in [0.5, 0.6) is 0 Å². The first-order chi connectivity index (χ1) is 15.9. The third kappa shape index (κ3) is 5.43. The highest BCUT2D eigenvalue weighted by Crippen LogP contribution is 2.64. The second-order valence-corrected chi connectivity index (χ2v) is 12.2. The van der Waals surface area contributed by atoms with Crippen molar-refractivity contribution >= 4 is 11.8 Å². The molecule has 0 aromatic rings. The number of unbranched alkanes of at least 4 members (excludes halogenated alkanes) is 7. The van der Waals surface area contributed by atoms with Crippen LogP contribution >= 0.6 is 0 Å². The van der Waals surface area contributed by atoms with Crippen LogP contribution in [0.4, 0.5) is 0 Å². The Morgan fingerprint density at radius 1 is 1.00 bits per heavy atom. The average molecular weight is 457 g/mol. The fourth-order valence-electron chi connectivity index (χ4n) is 8.54. The summed E-state index contributed by atoms with van der Waals surface area (Å²) in [6.07, 6.45) is 20.3. The second-order valence-electron chi connectivity index (χ2n) is 12.2. The Hall–Kier alpha value is -1.12. The van der Waals surface area contributed by atoms with Crippen molar-refractivity contribution in [3.05, 3.63) is 11.6 Å². The summed E-state index contributed by atoms with van der Waals surface area (Å²) in [5, 5.41) is 0. The lowest BCUT2D eigenvalue weighted by Gasteiger charge is -2.56. The molecule has 0 radical (unpaired) electrons. The number of ketones is 1. The van der Waals surface area contributed by atoms with Crippen molar-refractivity contribution in [2.24, 2.45) is 35.0 Å². The Kier molecular flexibility index (Phi) is 8.39. The molecule has 0 spiro atoms. The zero-order chi connectivity index (χ0) is 23.4. The summed E-state index contributed by atoms with van der Waals surface area (Å²) in [6.45, 7) is 7.13. The molecule has 3 nitrogen and oxygen atoms in total. The summed E-state index contributed by atoms with van der Waals surface area (Å²) in [4.78, 5) is 24.7. The highest BCUT2D eigenvalue weighted by molar-refractivity contribution is 5.91. The molecule has 0 bridgehead atoms. The maximum atomic E-state index is 12.7. The number of esters is 1. The number of rotatable bonds is 10. The number of carbonyl (C=O) groups excluding carboxylic acids is 2. The van der Waals surface area contributed by atoms with Crippen LogP contribution in [0.25, 0.3) is 0 Å². The normalized spacial score (nSPS) is 37.7. The first-order valence-electron chi connectivity index (χ1n) is 14.4. The first kappa shape index (κ1) is 25.0. The molecule has 186 valence electrons. The number of ether oxygens (including phenoxy) is 1. The van der Waals surface area contributed by atoms with Gasteiger partial charge in [0.15, 0.2) is 5.78 Å². The predicted octanol–water partition coefficient (Wildman–Crippen LogP) is 7.82. The van der Waals surface area contributed by atoms with Gasteiger partial charge in [0.1, 0.15) is 6.10 Å². The highest BCUT2D eigenvalue weighted by atomic mass is 16.5. The van der Waals surface area contributed by atoms with Crippen LogP contribution in [0.1, 0.15) is 124 Å². The van der Waals surface area contributed by atoms with Crippen molar-refractivity contribution in [3.8, 4) is 0 Å². The van der Waals surface area contributed by atoms with E-state index < -0.39 is 0 Å². The molecule has 3 saturated carbocycles. The summed E-state index contributed by atoms with van der Waals surface area (Å²) in [7, 11) is 0. The molecule has 7 atom stereocenters. The van der Waals surface area contributed by atoms with Crippen LogP contribution in [0.2, 0.25) is 0 Å². The van der Waals surface area contributed by atoms with E-state index in [9.17, 15) is 9.59 Å². The van der Waals surface area contributed by atoms with Gasteiger partial charge in [-0.25, -0.2) is 0 Å². The summed E-state index contributed by atoms with van der Waals surface area (Å²) >= 11 is 0. The number of hydrogen-bond acceptors (Lipinski definition) is 3. The summed E-state index contributed by atoms with van der Waals surface area (Å²) in [5.74, 6) is 3.81. The van der Waals surface area contributed by atoms with Gasteiger partial charge in [-0.15, -0.1) is 0 Å². The molecule has 4 aliphatic carbocycles. The van der Waals surface area contributed by atoms with Gasteiger partial charge in [0, 0.05) is 18.3 Å². The van der Waals surface area contributed by atoms with Crippen LogP contribution in [-0.2, 0) is 14.3 Å². The Bertz CT molecular complexity index is 724. The Labute approximate surface area is 202 Å². The molecule has 0 heterocycles. The minimum Gasteiger partial charge on any atom is -0.462 e. The van der Waals surface area contributed by atoms with Crippen LogP contribution in [0.3, 0.4) is 0 Å². The summed E-state index contributed by atoms with van der Waals surface area (Å²) in [6, 6.07) is 0. The Morgan fingerprint density at radius 3 is 2.48 bits per heavy atom. The van der Waals surface area contributed by atoms with Crippen molar-refractivity contribution in [1.29, 1.82) is 0 Å². The molecule has 0 saturated heterocycles. The van der Waals surface area contributed by atoms with E-state index >= 15 is 0 Å². The monoisotopic (exact) mass is 456 g/mol. The van der Waals surface area contributed by atoms with Gasteiger partial charge in [0.05, 0.1) is 0 Å². The Morgan fingerprint density at radius 2 is 1.73 bits per heavy atom. The smallest absolute Gasteiger partial charge is 0.306 e. The quantitative estimate of drug-likeness (QED) is 0.249. The van der Waals surface area contributed by atoms with Gasteiger partial charge >= 0.3 is 5.97 Å². The molecule has 0 N–H and O–H groups in total. The van der Waals surface area contributed by atoms with Crippen molar-refractivity contribution in [3.63, 3.8) is 0 Å². The second kappa shape index (κ2) is 11.1. The molecule has 4 aliphatic rings. The number of allylic oxidation sites excluding steroid dienone is 1. The van der Waals surface area contributed by atoms with Crippen molar-refractivity contribution < 1.29 is 14.3 Å². The van der Waals surface area contributed by atoms with E-state index in [1.807, 2.05) is 6.08 Å². The van der Waals surface area contributed by atoms with Crippen LogP contribution < -0.4 is 0 Å². The van der Waals surface area contributed by atoms with Gasteiger partial charge in [-0.3, -0.25) is 9.59 Å². The average Bonchev–Trinajstić information content (AvgIpc) is 3.10. The largest absolute Gasteiger partial charge is 0.462 e. The van der Waals surface area contributed by atoms with Crippen molar-refractivity contribution in [1.82, 2.24) is 0 Å². The molecule has 0 aliphatic heterocycles. The number of fused-ring (bicyclic) bond motifs is 5. The van der Waals surface area contributed by atoms with E-state index in [1.165, 1.54) is 63.4 Å². The van der Waals surface area contributed by atoms with Crippen LogP contribution in [0.15, 0.2) is 11.6 Å². The lowest BCUT2D eigenvalue weighted by Crippen LogP contribution is -2.51. The van der Waals surface area contributed by atoms with Crippen LogP contribution in [0, 0.1) is 35.0 Å². The van der Waals surface area contributed by atoms with Gasteiger partial charge in [-0.1, -0.05) is 71.3 Å². The molecule has 0 aromatic heterocycles. The minimum atomic E-state index is 0.0438. The van der Waals surface area contributed by atoms with Gasteiger partial charge in [0.2, 0.25) is 0 Å². The van der Waals surface area contributed by atoms with E-state index in [1.54, 1.807) is 0 Å². The van der Waals surface area contributed by atoms with E-state index in [-0.39, 0.29) is 17.5 Å². The maximum Gasteiger partial charge on any atom is 0.306 e. The maximum absolute atomic E-state index is 12.7. The lowest BCUT2D eigenvalue weighted by atomic mass is 9.49. The van der Waals surface area contributed by atoms with Gasteiger partial charge in [-0.2, -0.15) is 0 Å². The molecule has 0 amide bonds. The number of hydrogen-bond donors (Lipinski definition) is 0. The van der Waals surface area contributed by atoms with Gasteiger partial charge < -0.3 is 4.74 Å². The van der Waals surface area contributed by atoms with E-state index in [2.05, 4.69) is 20.8 Å². The summed E-state index contributed by atoms with van der Waals surface area (Å²) < 4.78 is 6.20. The van der Waals surface area contributed by atoms with Gasteiger partial charge in [0.25, 0.3) is 0 Å². The molecule has 0 aromatic carbocycles. The zero-order valence-corrected chi connectivity index (χ0v) is 21.6. The van der Waals surface area contributed by atoms with E-state index in [0.29, 0.717) is 30.0 Å². The lowest BCUT2D eigenvalue weighted by molar-refractivity contribution is -0.161. The SMILES string of the molecule is CCCCCCCCCCC(=O)OC1CCC2C3CCC4=CC(=O)CCC4C3C(C)CC12C. The third-order valence-corrected chi connectivity index (χ3v) is 10.0. The van der Waals surface area contributed by atoms with Crippen molar-refractivity contribution in [2.75, 3.05) is 0 Å². The van der Waals surface area contributed by atoms with Crippen molar-refractivity contribution in [2.45, 2.75) is 130 Å². The first-order valence-corrected chi connectivity index (χ1v) is 14.4. The highest BCUT2D eigenvalue weighted by Gasteiger charge is 2.59. The summed E-state index contributed by atoms with van der Waals surface area (Å²) in [5.41, 5.74) is 1.59. The van der Waals surface area contributed by atoms with E-state index in [4.69, 9.17) is 4.74 Å². The van der Waals surface area contributed by atoms with Crippen LogP contribution in [-0.4, -0.2) is 17.9 Å². The molecular weight excluding hydrogens is 408 g/mol. The Balaban J connectivity index is 1.28. The molecule has 33 heavy (non-hydrogen) atoms. The minimum absolute atomic E-state index is 0.0438. The third-order valence-electron chi connectivity index (χ3n) is 10.0. The molecule has 7 unspecified atom stereocenters.